The zero-order valence-electron chi connectivity index (χ0n) is 13.0. The average Bonchev–Trinajstić information content (AvgIpc) is 2.48. The summed E-state index contributed by atoms with van der Waals surface area (Å²) in [6.07, 6.45) is 0. The molecule has 0 radical (unpaired) electrons. The monoisotopic (exact) mass is 311 g/mol. The van der Waals surface area contributed by atoms with Gasteiger partial charge in [0.25, 0.3) is 0 Å². The van der Waals surface area contributed by atoms with Crippen molar-refractivity contribution in [3.63, 3.8) is 0 Å². The van der Waals surface area contributed by atoms with Crippen molar-refractivity contribution in [3.05, 3.63) is 29.8 Å². The van der Waals surface area contributed by atoms with Crippen LogP contribution in [-0.2, 0) is 16.6 Å². The fraction of sp³-hybridized carbons (Fsp3) is 0.600. The van der Waals surface area contributed by atoms with Crippen LogP contribution < -0.4 is 5.32 Å². The van der Waals surface area contributed by atoms with E-state index in [-0.39, 0.29) is 0 Å². The summed E-state index contributed by atoms with van der Waals surface area (Å²) >= 11 is 0. The van der Waals surface area contributed by atoms with Crippen molar-refractivity contribution < 1.29 is 8.42 Å². The first-order valence-corrected chi connectivity index (χ1v) is 8.87. The van der Waals surface area contributed by atoms with Crippen LogP contribution in [-0.4, -0.2) is 56.9 Å². The lowest BCUT2D eigenvalue weighted by Gasteiger charge is -2.36. The summed E-state index contributed by atoms with van der Waals surface area (Å²) in [5.74, 6) is 0. The first-order chi connectivity index (χ1) is 9.95. The minimum absolute atomic E-state index is 0.389. The van der Waals surface area contributed by atoms with E-state index in [0.717, 1.165) is 25.2 Å². The van der Waals surface area contributed by atoms with Crippen molar-refractivity contribution in [2.24, 2.45) is 0 Å². The minimum atomic E-state index is -3.36. The zero-order valence-corrected chi connectivity index (χ0v) is 13.9. The van der Waals surface area contributed by atoms with Crippen molar-refractivity contribution in [2.75, 3.05) is 33.2 Å². The standard InChI is InChI=1S/C15H25N3O2S/c1-13(2)17-8-10-18(11-9-17)21(19,20)15-6-4-14(5-7-15)12-16-3/h4-7,13,16H,8-12H2,1-3H3. The first-order valence-electron chi connectivity index (χ1n) is 7.43. The van der Waals surface area contributed by atoms with Crippen LogP contribution in [0.5, 0.6) is 0 Å². The lowest BCUT2D eigenvalue weighted by atomic mass is 10.2. The largest absolute Gasteiger partial charge is 0.316 e. The van der Waals surface area contributed by atoms with Gasteiger partial charge in [-0.25, -0.2) is 8.42 Å². The third-order valence-corrected chi connectivity index (χ3v) is 5.86. The maximum atomic E-state index is 12.6. The number of nitrogens with zero attached hydrogens (tertiary/aromatic N) is 2. The Morgan fingerprint density at radius 1 is 1.10 bits per heavy atom. The fourth-order valence-electron chi connectivity index (χ4n) is 2.59. The molecule has 1 saturated heterocycles. The van der Waals surface area contributed by atoms with E-state index in [9.17, 15) is 8.42 Å². The maximum absolute atomic E-state index is 12.6. The van der Waals surface area contributed by atoms with Crippen LogP contribution >= 0.6 is 0 Å². The lowest BCUT2D eigenvalue weighted by molar-refractivity contribution is 0.154. The number of benzene rings is 1. The summed E-state index contributed by atoms with van der Waals surface area (Å²) in [5, 5.41) is 3.06. The van der Waals surface area contributed by atoms with Crippen molar-refractivity contribution in [2.45, 2.75) is 31.3 Å². The molecule has 1 aromatic rings. The Bertz CT molecular complexity index is 547. The van der Waals surface area contributed by atoms with Gasteiger partial charge in [-0.05, 0) is 38.6 Å². The van der Waals surface area contributed by atoms with Crippen LogP contribution in [0, 0.1) is 0 Å². The lowest BCUT2D eigenvalue weighted by Crippen LogP contribution is -2.50. The highest BCUT2D eigenvalue weighted by atomic mass is 32.2. The minimum Gasteiger partial charge on any atom is -0.316 e. The molecule has 6 heteroatoms. The molecule has 1 N–H and O–H groups in total. The van der Waals surface area contributed by atoms with Gasteiger partial charge in [0.1, 0.15) is 0 Å². The second-order valence-corrected chi connectivity index (χ2v) is 7.65. The molecular formula is C15H25N3O2S. The van der Waals surface area contributed by atoms with Gasteiger partial charge in [0, 0.05) is 38.8 Å². The predicted octanol–water partition coefficient (Wildman–Crippen LogP) is 1.12. The number of piperazine rings is 1. The van der Waals surface area contributed by atoms with Crippen LogP contribution in [0.3, 0.4) is 0 Å². The van der Waals surface area contributed by atoms with Crippen molar-refractivity contribution in [1.82, 2.24) is 14.5 Å². The molecule has 21 heavy (non-hydrogen) atoms. The van der Waals surface area contributed by atoms with E-state index < -0.39 is 10.0 Å². The van der Waals surface area contributed by atoms with Crippen LogP contribution in [0.1, 0.15) is 19.4 Å². The van der Waals surface area contributed by atoms with Crippen LogP contribution in [0.25, 0.3) is 0 Å². The first kappa shape index (κ1) is 16.4. The molecule has 2 rings (SSSR count). The third-order valence-electron chi connectivity index (χ3n) is 3.95. The second kappa shape index (κ2) is 6.87. The van der Waals surface area contributed by atoms with Gasteiger partial charge in [-0.2, -0.15) is 4.31 Å². The Morgan fingerprint density at radius 3 is 2.14 bits per heavy atom. The van der Waals surface area contributed by atoms with E-state index in [4.69, 9.17) is 0 Å². The average molecular weight is 311 g/mol. The third kappa shape index (κ3) is 3.83. The molecule has 1 heterocycles. The Kier molecular flexibility index (Phi) is 5.37. The molecule has 1 aliphatic heterocycles. The van der Waals surface area contributed by atoms with Gasteiger partial charge in [-0.1, -0.05) is 12.1 Å². The van der Waals surface area contributed by atoms with Gasteiger partial charge in [0.05, 0.1) is 4.90 Å². The van der Waals surface area contributed by atoms with Crippen molar-refractivity contribution >= 4 is 10.0 Å². The summed E-state index contributed by atoms with van der Waals surface area (Å²) in [6.45, 7) is 7.77. The van der Waals surface area contributed by atoms with Crippen molar-refractivity contribution in [1.29, 1.82) is 0 Å². The van der Waals surface area contributed by atoms with E-state index in [2.05, 4.69) is 24.1 Å². The number of hydrogen-bond donors (Lipinski definition) is 1. The second-order valence-electron chi connectivity index (χ2n) is 5.71. The van der Waals surface area contributed by atoms with E-state index in [0.29, 0.717) is 24.0 Å². The molecule has 0 atom stereocenters. The number of nitrogens with one attached hydrogen (secondary N) is 1. The molecule has 0 spiro atoms. The van der Waals surface area contributed by atoms with E-state index in [1.165, 1.54) is 0 Å². The summed E-state index contributed by atoms with van der Waals surface area (Å²) in [6, 6.07) is 7.62. The molecule has 5 nitrogen and oxygen atoms in total. The van der Waals surface area contributed by atoms with Crippen LogP contribution in [0.2, 0.25) is 0 Å². The highest BCUT2D eigenvalue weighted by Crippen LogP contribution is 2.19. The van der Waals surface area contributed by atoms with Gasteiger partial charge in [-0.3, -0.25) is 4.90 Å². The van der Waals surface area contributed by atoms with Crippen molar-refractivity contribution in [3.8, 4) is 0 Å². The normalized spacial score (nSPS) is 18.3. The smallest absolute Gasteiger partial charge is 0.243 e. The molecule has 1 aromatic carbocycles. The number of sulfonamides is 1. The van der Waals surface area contributed by atoms with Gasteiger partial charge < -0.3 is 5.32 Å². The molecule has 0 unspecified atom stereocenters. The molecule has 0 amide bonds. The van der Waals surface area contributed by atoms with E-state index >= 15 is 0 Å². The van der Waals surface area contributed by atoms with E-state index in [1.54, 1.807) is 16.4 Å². The van der Waals surface area contributed by atoms with Gasteiger partial charge in [0.15, 0.2) is 0 Å². The molecule has 0 saturated carbocycles. The van der Waals surface area contributed by atoms with Crippen LogP contribution in [0.4, 0.5) is 0 Å². The Hall–Kier alpha value is -0.950. The number of hydrogen-bond acceptors (Lipinski definition) is 4. The SMILES string of the molecule is CNCc1ccc(S(=O)(=O)N2CCN(C(C)C)CC2)cc1. The molecular weight excluding hydrogens is 286 g/mol. The topological polar surface area (TPSA) is 52.7 Å². The van der Waals surface area contributed by atoms with Gasteiger partial charge in [-0.15, -0.1) is 0 Å². The number of rotatable bonds is 5. The summed E-state index contributed by atoms with van der Waals surface area (Å²) in [5.41, 5.74) is 1.08. The molecule has 1 aliphatic rings. The maximum Gasteiger partial charge on any atom is 0.243 e. The molecule has 0 aromatic heterocycles. The summed E-state index contributed by atoms with van der Waals surface area (Å²) < 4.78 is 26.8. The summed E-state index contributed by atoms with van der Waals surface area (Å²) in [4.78, 5) is 2.70. The zero-order chi connectivity index (χ0) is 15.5. The van der Waals surface area contributed by atoms with Gasteiger partial charge in [0.2, 0.25) is 10.0 Å². The summed E-state index contributed by atoms with van der Waals surface area (Å²) in [7, 11) is -1.48. The van der Waals surface area contributed by atoms with Crippen LogP contribution in [0.15, 0.2) is 29.2 Å². The Morgan fingerprint density at radius 2 is 1.67 bits per heavy atom. The van der Waals surface area contributed by atoms with Gasteiger partial charge >= 0.3 is 0 Å². The predicted molar refractivity (Wildman–Crippen MR) is 84.7 cm³/mol. The fourth-order valence-corrected chi connectivity index (χ4v) is 4.01. The highest BCUT2D eigenvalue weighted by molar-refractivity contribution is 7.89. The molecule has 0 aliphatic carbocycles. The highest BCUT2D eigenvalue weighted by Gasteiger charge is 2.28. The molecule has 0 bridgehead atoms. The Balaban J connectivity index is 2.08. The molecule has 1 fully saturated rings. The Labute approximate surface area is 128 Å². The molecule has 118 valence electrons. The quantitative estimate of drug-likeness (QED) is 0.885. The van der Waals surface area contributed by atoms with E-state index in [1.807, 2.05) is 19.2 Å².